The van der Waals surface area contributed by atoms with Crippen LogP contribution in [-0.2, 0) is 0 Å². The molecule has 0 unspecified atom stereocenters. The number of fused-ring (bicyclic) bond motifs is 1. The maximum atomic E-state index is 11.0. The molecule has 0 bridgehead atoms. The molecule has 1 aromatic heterocycles. The molecule has 3 nitrogen and oxygen atoms in total. The number of aldehydes is 1. The SMILES string of the molecule is COc1cc(C)c2nc(Cl)c(C=O)c(C)c2c1. The number of pyridine rings is 1. The highest BCUT2D eigenvalue weighted by molar-refractivity contribution is 6.32. The Labute approximate surface area is 104 Å². The summed E-state index contributed by atoms with van der Waals surface area (Å²) in [6.07, 6.45) is 0.735. The maximum Gasteiger partial charge on any atom is 0.153 e. The number of aryl methyl sites for hydroxylation is 2. The zero-order valence-electron chi connectivity index (χ0n) is 9.87. The average molecular weight is 250 g/mol. The minimum absolute atomic E-state index is 0.248. The molecule has 0 atom stereocenters. The van der Waals surface area contributed by atoms with Crippen molar-refractivity contribution in [1.82, 2.24) is 4.98 Å². The first kappa shape index (κ1) is 11.9. The number of ether oxygens (including phenoxy) is 1. The van der Waals surface area contributed by atoms with E-state index in [9.17, 15) is 4.79 Å². The third kappa shape index (κ3) is 1.87. The van der Waals surface area contributed by atoms with Crippen molar-refractivity contribution in [2.24, 2.45) is 0 Å². The van der Waals surface area contributed by atoms with Crippen LogP contribution in [0.3, 0.4) is 0 Å². The first-order valence-corrected chi connectivity index (χ1v) is 5.56. The summed E-state index contributed by atoms with van der Waals surface area (Å²) in [5.74, 6) is 0.749. The standard InChI is InChI=1S/C13H12ClNO2/c1-7-4-9(17-3)5-10-8(2)11(6-16)13(14)15-12(7)10/h4-6H,1-3H3. The van der Waals surface area contributed by atoms with Crippen LogP contribution in [0.5, 0.6) is 5.75 Å². The molecule has 1 aromatic carbocycles. The molecule has 88 valence electrons. The molecule has 0 aliphatic rings. The number of rotatable bonds is 2. The number of methoxy groups -OCH3 is 1. The highest BCUT2D eigenvalue weighted by Crippen LogP contribution is 2.30. The van der Waals surface area contributed by atoms with Crippen LogP contribution in [0, 0.1) is 13.8 Å². The van der Waals surface area contributed by atoms with Crippen molar-refractivity contribution >= 4 is 28.8 Å². The first-order chi connectivity index (χ1) is 8.08. The van der Waals surface area contributed by atoms with E-state index in [1.165, 1.54) is 0 Å². The number of halogens is 1. The highest BCUT2D eigenvalue weighted by Gasteiger charge is 2.12. The maximum absolute atomic E-state index is 11.0. The van der Waals surface area contributed by atoms with Gasteiger partial charge in [-0.25, -0.2) is 4.98 Å². The van der Waals surface area contributed by atoms with E-state index in [-0.39, 0.29) is 5.15 Å². The van der Waals surface area contributed by atoms with Gasteiger partial charge in [0.2, 0.25) is 0 Å². The van der Waals surface area contributed by atoms with Crippen LogP contribution in [0.25, 0.3) is 10.9 Å². The zero-order valence-corrected chi connectivity index (χ0v) is 10.6. The van der Waals surface area contributed by atoms with Gasteiger partial charge >= 0.3 is 0 Å². The number of nitrogens with zero attached hydrogens (tertiary/aromatic N) is 1. The second-order valence-electron chi connectivity index (χ2n) is 3.90. The summed E-state index contributed by atoms with van der Waals surface area (Å²) in [6.45, 7) is 3.80. The molecule has 17 heavy (non-hydrogen) atoms. The van der Waals surface area contributed by atoms with Gasteiger partial charge in [0.05, 0.1) is 18.2 Å². The Morgan fingerprint density at radius 2 is 2.06 bits per heavy atom. The molecular weight excluding hydrogens is 238 g/mol. The van der Waals surface area contributed by atoms with Crippen LogP contribution in [0.2, 0.25) is 5.15 Å². The van der Waals surface area contributed by atoms with Gasteiger partial charge in [0.15, 0.2) is 6.29 Å². The molecule has 0 saturated heterocycles. The molecular formula is C13H12ClNO2. The number of hydrogen-bond donors (Lipinski definition) is 0. The van der Waals surface area contributed by atoms with Crippen molar-refractivity contribution in [3.8, 4) is 5.75 Å². The lowest BCUT2D eigenvalue weighted by atomic mass is 10.0. The summed E-state index contributed by atoms with van der Waals surface area (Å²) in [7, 11) is 1.61. The number of hydrogen-bond acceptors (Lipinski definition) is 3. The Kier molecular flexibility index (Phi) is 3.03. The Morgan fingerprint density at radius 3 is 2.65 bits per heavy atom. The predicted octanol–water partition coefficient (Wildman–Crippen LogP) is 3.33. The van der Waals surface area contributed by atoms with E-state index in [1.807, 2.05) is 26.0 Å². The number of carbonyl (C=O) groups is 1. The van der Waals surface area contributed by atoms with E-state index in [2.05, 4.69) is 4.98 Å². The van der Waals surface area contributed by atoms with Gasteiger partial charge in [0.1, 0.15) is 10.9 Å². The minimum atomic E-state index is 0.248. The van der Waals surface area contributed by atoms with Crippen molar-refractivity contribution in [3.05, 3.63) is 34.0 Å². The van der Waals surface area contributed by atoms with E-state index in [4.69, 9.17) is 16.3 Å². The second-order valence-corrected chi connectivity index (χ2v) is 4.26. The van der Waals surface area contributed by atoms with Gasteiger partial charge in [0.25, 0.3) is 0 Å². The summed E-state index contributed by atoms with van der Waals surface area (Å²) in [4.78, 5) is 15.2. The van der Waals surface area contributed by atoms with E-state index in [0.29, 0.717) is 5.56 Å². The van der Waals surface area contributed by atoms with Crippen LogP contribution < -0.4 is 4.74 Å². The molecule has 0 fully saturated rings. The van der Waals surface area contributed by atoms with Crippen LogP contribution in [0.15, 0.2) is 12.1 Å². The van der Waals surface area contributed by atoms with Gasteiger partial charge < -0.3 is 4.74 Å². The monoisotopic (exact) mass is 249 g/mol. The van der Waals surface area contributed by atoms with Crippen molar-refractivity contribution in [2.75, 3.05) is 7.11 Å². The number of aromatic nitrogens is 1. The van der Waals surface area contributed by atoms with E-state index in [1.54, 1.807) is 7.11 Å². The molecule has 2 rings (SSSR count). The Morgan fingerprint density at radius 1 is 1.35 bits per heavy atom. The fraction of sp³-hybridized carbons (Fsp3) is 0.231. The minimum Gasteiger partial charge on any atom is -0.497 e. The number of benzene rings is 1. The van der Waals surface area contributed by atoms with Crippen LogP contribution >= 0.6 is 11.6 Å². The Hall–Kier alpha value is -1.61. The van der Waals surface area contributed by atoms with Gasteiger partial charge in [-0.2, -0.15) is 0 Å². The van der Waals surface area contributed by atoms with Gasteiger partial charge in [-0.3, -0.25) is 4.79 Å². The fourth-order valence-electron chi connectivity index (χ4n) is 1.89. The molecule has 4 heteroatoms. The van der Waals surface area contributed by atoms with Crippen LogP contribution in [0.4, 0.5) is 0 Å². The third-order valence-corrected chi connectivity index (χ3v) is 3.16. The second kappa shape index (κ2) is 4.34. The normalized spacial score (nSPS) is 10.6. The van der Waals surface area contributed by atoms with E-state index in [0.717, 1.165) is 34.1 Å². The molecule has 2 aromatic rings. The van der Waals surface area contributed by atoms with Crippen molar-refractivity contribution in [2.45, 2.75) is 13.8 Å². The quantitative estimate of drug-likeness (QED) is 0.605. The highest BCUT2D eigenvalue weighted by atomic mass is 35.5. The smallest absolute Gasteiger partial charge is 0.153 e. The molecule has 1 heterocycles. The molecule has 0 N–H and O–H groups in total. The lowest BCUT2D eigenvalue weighted by molar-refractivity contribution is 0.112. The molecule has 0 spiro atoms. The van der Waals surface area contributed by atoms with Crippen molar-refractivity contribution < 1.29 is 9.53 Å². The molecule has 0 aliphatic carbocycles. The Balaban J connectivity index is 2.92. The molecule has 0 amide bonds. The topological polar surface area (TPSA) is 39.2 Å². The first-order valence-electron chi connectivity index (χ1n) is 5.18. The number of carbonyl (C=O) groups excluding carboxylic acids is 1. The van der Waals surface area contributed by atoms with E-state index >= 15 is 0 Å². The lowest BCUT2D eigenvalue weighted by Crippen LogP contribution is -1.96. The fourth-order valence-corrected chi connectivity index (χ4v) is 2.16. The van der Waals surface area contributed by atoms with E-state index < -0.39 is 0 Å². The largest absolute Gasteiger partial charge is 0.497 e. The molecule has 0 aliphatic heterocycles. The van der Waals surface area contributed by atoms with Gasteiger partial charge in [-0.1, -0.05) is 11.6 Å². The summed E-state index contributed by atoms with van der Waals surface area (Å²) in [6, 6.07) is 3.76. The Bertz CT molecular complexity index is 608. The lowest BCUT2D eigenvalue weighted by Gasteiger charge is -2.10. The molecule has 0 saturated carbocycles. The van der Waals surface area contributed by atoms with Crippen LogP contribution in [0.1, 0.15) is 21.5 Å². The average Bonchev–Trinajstić information content (AvgIpc) is 2.31. The van der Waals surface area contributed by atoms with Crippen molar-refractivity contribution in [3.63, 3.8) is 0 Å². The summed E-state index contributed by atoms with van der Waals surface area (Å²) in [5.41, 5.74) is 3.05. The predicted molar refractivity (Wildman–Crippen MR) is 68.2 cm³/mol. The van der Waals surface area contributed by atoms with Gasteiger partial charge in [0, 0.05) is 5.39 Å². The zero-order chi connectivity index (χ0) is 12.6. The molecule has 0 radical (unpaired) electrons. The van der Waals surface area contributed by atoms with Crippen LogP contribution in [-0.4, -0.2) is 18.4 Å². The summed E-state index contributed by atoms with van der Waals surface area (Å²) >= 11 is 5.98. The van der Waals surface area contributed by atoms with Crippen molar-refractivity contribution in [1.29, 1.82) is 0 Å². The van der Waals surface area contributed by atoms with Gasteiger partial charge in [-0.05, 0) is 37.1 Å². The third-order valence-electron chi connectivity index (χ3n) is 2.87. The summed E-state index contributed by atoms with van der Waals surface area (Å²) < 4.78 is 5.21. The van der Waals surface area contributed by atoms with Gasteiger partial charge in [-0.15, -0.1) is 0 Å². The summed E-state index contributed by atoms with van der Waals surface area (Å²) in [5, 5.41) is 1.15.